The molecule has 0 spiro atoms. The van der Waals surface area contributed by atoms with E-state index in [0.717, 1.165) is 6.42 Å². The average molecular weight is 755 g/mol. The van der Waals surface area contributed by atoms with Gasteiger partial charge < -0.3 is 24.8 Å². The van der Waals surface area contributed by atoms with E-state index in [1.807, 2.05) is 0 Å². The van der Waals surface area contributed by atoms with Crippen LogP contribution < -0.4 is 24.8 Å². The predicted octanol–water partition coefficient (Wildman–Crippen LogP) is 5.78. The number of halogens is 2. The van der Waals surface area contributed by atoms with Gasteiger partial charge in [-0.05, 0) is 28.4 Å². The number of benzene rings is 4. The number of fused-ring (bicyclic) bond motifs is 3. The van der Waals surface area contributed by atoms with Gasteiger partial charge in [-0.3, -0.25) is 0 Å². The molecule has 0 fully saturated rings. The molecule has 0 amide bonds. The molecule has 1 aliphatic rings. The summed E-state index contributed by atoms with van der Waals surface area (Å²) in [7, 11) is 0. The van der Waals surface area contributed by atoms with Gasteiger partial charge in [-0.15, -0.1) is 11.1 Å². The van der Waals surface area contributed by atoms with Crippen molar-refractivity contribution in [3.05, 3.63) is 159 Å². The number of rotatable bonds is 2. The third-order valence-corrected chi connectivity index (χ3v) is 10.1. The first-order chi connectivity index (χ1) is 21.4. The minimum atomic E-state index is 0. The molecule has 0 atom stereocenters. The Morgan fingerprint density at radius 2 is 1.19 bits per heavy atom. The second-order valence-electron chi connectivity index (χ2n) is 15.8. The largest absolute Gasteiger partial charge is 1.00 e. The quantitative estimate of drug-likeness (QED) is 0.197. The third kappa shape index (κ3) is 11.0. The fraction of sp³-hybridized carbons (Fsp3) is 0.333. The van der Waals surface area contributed by atoms with Crippen LogP contribution >= 0.6 is 0 Å². The maximum absolute atomic E-state index is 3.67. The van der Waals surface area contributed by atoms with Gasteiger partial charge in [-0.2, -0.15) is 47.0 Å². The van der Waals surface area contributed by atoms with Crippen molar-refractivity contribution >= 4 is 3.21 Å². The Labute approximate surface area is 319 Å². The summed E-state index contributed by atoms with van der Waals surface area (Å²) < 4.78 is 1.42. The Morgan fingerprint density at radius 1 is 0.625 bits per heavy atom. The molecular formula is C45H52Cl2Zr-2. The summed E-state index contributed by atoms with van der Waals surface area (Å²) in [5.74, 6) is 0. The average Bonchev–Trinajstić information content (AvgIpc) is 3.60. The van der Waals surface area contributed by atoms with Gasteiger partial charge in [-0.25, -0.2) is 6.07 Å². The molecule has 0 aliphatic heterocycles. The molecule has 0 heterocycles. The Bertz CT molecular complexity index is 1710. The van der Waals surface area contributed by atoms with Gasteiger partial charge in [0.2, 0.25) is 0 Å². The van der Waals surface area contributed by atoms with E-state index in [4.69, 9.17) is 0 Å². The summed E-state index contributed by atoms with van der Waals surface area (Å²) in [5.41, 5.74) is 15.8. The van der Waals surface area contributed by atoms with Gasteiger partial charge in [0.25, 0.3) is 0 Å². The molecule has 1 aliphatic carbocycles. The van der Waals surface area contributed by atoms with Crippen molar-refractivity contribution in [3.63, 3.8) is 0 Å². The molecule has 5 aromatic carbocycles. The molecule has 0 bridgehead atoms. The van der Waals surface area contributed by atoms with Crippen LogP contribution in [0.3, 0.4) is 0 Å². The molecule has 48 heavy (non-hydrogen) atoms. The molecule has 0 N–H and O–H groups in total. The second-order valence-corrected chi connectivity index (χ2v) is 17.1. The van der Waals surface area contributed by atoms with E-state index in [0.29, 0.717) is 5.41 Å². The monoisotopic (exact) mass is 752 g/mol. The van der Waals surface area contributed by atoms with Crippen LogP contribution in [-0.2, 0) is 46.9 Å². The van der Waals surface area contributed by atoms with Gasteiger partial charge in [0, 0.05) is 0 Å². The summed E-state index contributed by atoms with van der Waals surface area (Å²) in [4.78, 5) is 0. The molecule has 0 unspecified atom stereocenters. The Balaban J connectivity index is 0.000000261. The molecule has 0 saturated heterocycles. The predicted molar refractivity (Wildman–Crippen MR) is 197 cm³/mol. The normalized spacial score (nSPS) is 11.8. The van der Waals surface area contributed by atoms with Crippen LogP contribution in [0.2, 0.25) is 0 Å². The van der Waals surface area contributed by atoms with E-state index < -0.39 is 0 Å². The van der Waals surface area contributed by atoms with Crippen LogP contribution in [0, 0.1) is 19.9 Å². The first kappa shape index (κ1) is 41.7. The molecule has 0 saturated carbocycles. The van der Waals surface area contributed by atoms with E-state index in [2.05, 4.69) is 185 Å². The second kappa shape index (κ2) is 17.0. The fourth-order valence-corrected chi connectivity index (χ4v) is 6.37. The maximum Gasteiger partial charge on any atom is -1.00 e. The number of hydrogen-bond acceptors (Lipinski definition) is 0. The minimum Gasteiger partial charge on any atom is -1.00 e. The van der Waals surface area contributed by atoms with Gasteiger partial charge in [0.05, 0.1) is 0 Å². The van der Waals surface area contributed by atoms with Crippen LogP contribution in [0.4, 0.5) is 0 Å². The van der Waals surface area contributed by atoms with E-state index in [9.17, 15) is 0 Å². The number of aryl methyl sites for hydroxylation is 2. The van der Waals surface area contributed by atoms with Crippen molar-refractivity contribution < 1.29 is 49.0 Å². The Kier molecular flexibility index (Phi) is 14.8. The van der Waals surface area contributed by atoms with Crippen molar-refractivity contribution in [2.75, 3.05) is 0 Å². The molecule has 252 valence electrons. The van der Waals surface area contributed by atoms with E-state index in [-0.39, 0.29) is 35.6 Å². The van der Waals surface area contributed by atoms with E-state index in [1.54, 1.807) is 0 Å². The van der Waals surface area contributed by atoms with Gasteiger partial charge >= 0.3 is 106 Å². The summed E-state index contributed by atoms with van der Waals surface area (Å²) in [5, 5.41) is 0. The van der Waals surface area contributed by atoms with Crippen molar-refractivity contribution in [2.45, 2.75) is 98.8 Å². The number of hydrogen-bond donors (Lipinski definition) is 0. The molecule has 6 rings (SSSR count). The van der Waals surface area contributed by atoms with Crippen LogP contribution in [0.25, 0.3) is 11.1 Å². The summed E-state index contributed by atoms with van der Waals surface area (Å²) in [6.07, 6.45) is 1.03. The molecule has 5 aromatic rings. The van der Waals surface area contributed by atoms with E-state index in [1.165, 1.54) is 88.6 Å². The topological polar surface area (TPSA) is 0 Å². The smallest absolute Gasteiger partial charge is 1.00 e. The summed E-state index contributed by atoms with van der Waals surface area (Å²) >= 11 is 1.46. The third-order valence-electron chi connectivity index (χ3n) is 8.64. The van der Waals surface area contributed by atoms with E-state index >= 15 is 0 Å². The van der Waals surface area contributed by atoms with Crippen molar-refractivity contribution in [1.82, 2.24) is 0 Å². The van der Waals surface area contributed by atoms with Crippen LogP contribution in [0.1, 0.15) is 112 Å². The molecular weight excluding hydrogens is 703 g/mol. The zero-order valence-electron chi connectivity index (χ0n) is 30.8. The van der Waals surface area contributed by atoms with Gasteiger partial charge in [0.1, 0.15) is 0 Å². The summed E-state index contributed by atoms with van der Waals surface area (Å²) in [6, 6.07) is 41.1. The molecule has 0 aromatic heterocycles. The van der Waals surface area contributed by atoms with Crippen molar-refractivity contribution in [3.8, 4) is 11.1 Å². The SMILES string of the molecule is CC(C)(C)c1[c-]c2c(cc1)-c1ccc(C(C)(C)C)cc1C2.Cc1cc(C(C)(C)C)c[cH-]1.Cc1ccc([C](=[Zr+2])c2ccccc2)cc1.[Cl-].[Cl-]. The first-order valence-corrected chi connectivity index (χ1v) is 17.8. The molecule has 0 radical (unpaired) electrons. The maximum atomic E-state index is 3.67. The Hall–Kier alpha value is -2.44. The standard InChI is InChI=1S/C21H25.C14H12.C10H15.2ClH.Zr/c1-20(2,3)16-7-9-18-14(12-16)11-15-13-17(21(4,5)6)8-10-19(15)18;1-12-7-9-14(10-8-12)11-13-5-3-2-4-6-13;1-8-5-6-9(7-8)10(2,3)4;;;/h7-10,12H,11H2,1-6H3;2-10H,1H3;5-7H,1-4H3;2*1H;/q-1;;-1;;;+2/p-2. The van der Waals surface area contributed by atoms with Gasteiger partial charge in [0.15, 0.2) is 0 Å². The Morgan fingerprint density at radius 3 is 1.69 bits per heavy atom. The molecule has 3 heteroatoms. The first-order valence-electron chi connectivity index (χ1n) is 16.6. The zero-order valence-corrected chi connectivity index (χ0v) is 34.7. The fourth-order valence-electron chi connectivity index (χ4n) is 5.55. The summed E-state index contributed by atoms with van der Waals surface area (Å²) in [6.45, 7) is 24.6. The van der Waals surface area contributed by atoms with Gasteiger partial charge in [-0.1, -0.05) is 98.4 Å². The van der Waals surface area contributed by atoms with Crippen molar-refractivity contribution in [2.24, 2.45) is 0 Å². The van der Waals surface area contributed by atoms with Crippen LogP contribution in [-0.4, -0.2) is 3.21 Å². The zero-order chi connectivity index (χ0) is 33.9. The minimum absolute atomic E-state index is 0. The van der Waals surface area contributed by atoms with Crippen LogP contribution in [0.15, 0.2) is 103 Å². The molecule has 0 nitrogen and oxygen atoms in total. The van der Waals surface area contributed by atoms with Crippen molar-refractivity contribution in [1.29, 1.82) is 0 Å². The van der Waals surface area contributed by atoms with Crippen LogP contribution in [0.5, 0.6) is 0 Å².